The Morgan fingerprint density at radius 1 is 1.09 bits per heavy atom. The normalized spacial score (nSPS) is 11.7. The number of nitrogens with one attached hydrogen (secondary N) is 1. The number of nitrogens with zero attached hydrogens (tertiary/aromatic N) is 6. The van der Waals surface area contributed by atoms with E-state index in [1.807, 2.05) is 25.3 Å². The molecule has 0 radical (unpaired) electrons. The van der Waals surface area contributed by atoms with Crippen LogP contribution in [0.1, 0.15) is 31.4 Å². The highest BCUT2D eigenvalue weighted by Gasteiger charge is 2.21. The summed E-state index contributed by atoms with van der Waals surface area (Å²) in [6.45, 7) is 5.79. The molecule has 0 saturated heterocycles. The first-order valence-electron chi connectivity index (χ1n) is 9.89. The topological polar surface area (TPSA) is 117 Å². The molecule has 1 aromatic carbocycles. The van der Waals surface area contributed by atoms with Gasteiger partial charge in [0.15, 0.2) is 5.03 Å². The van der Waals surface area contributed by atoms with Gasteiger partial charge in [0.1, 0.15) is 29.5 Å². The minimum atomic E-state index is -3.81. The average Bonchev–Trinajstić information content (AvgIpc) is 3.35. The second-order valence-electron chi connectivity index (χ2n) is 7.49. The summed E-state index contributed by atoms with van der Waals surface area (Å²) in [5.41, 5.74) is 0.395. The molecule has 0 atom stereocenters. The van der Waals surface area contributed by atoms with Crippen LogP contribution in [0.3, 0.4) is 0 Å². The average molecular weight is 454 g/mol. The molecular formula is C21H23N7O3S. The zero-order chi connectivity index (χ0) is 22.9. The van der Waals surface area contributed by atoms with Crippen molar-refractivity contribution in [1.82, 2.24) is 29.1 Å². The Bertz CT molecular complexity index is 1340. The highest BCUT2D eigenvalue weighted by atomic mass is 32.2. The molecular weight excluding hydrogens is 430 g/mol. The van der Waals surface area contributed by atoms with Crippen molar-refractivity contribution in [2.24, 2.45) is 7.05 Å². The summed E-state index contributed by atoms with van der Waals surface area (Å²) >= 11 is 0. The predicted octanol–water partition coefficient (Wildman–Crippen LogP) is 3.42. The summed E-state index contributed by atoms with van der Waals surface area (Å²) in [5, 5.41) is -0.0210. The van der Waals surface area contributed by atoms with Crippen molar-refractivity contribution in [3.05, 3.63) is 66.9 Å². The van der Waals surface area contributed by atoms with E-state index >= 15 is 0 Å². The molecule has 0 fully saturated rings. The molecule has 11 heteroatoms. The molecule has 0 aliphatic heterocycles. The molecule has 0 spiro atoms. The van der Waals surface area contributed by atoms with E-state index < -0.39 is 10.0 Å². The summed E-state index contributed by atoms with van der Waals surface area (Å²) in [5.74, 6) is 3.08. The fourth-order valence-corrected chi connectivity index (χ4v) is 4.24. The number of rotatable bonds is 7. The first-order chi connectivity index (χ1) is 15.2. The van der Waals surface area contributed by atoms with Gasteiger partial charge in [0.25, 0.3) is 10.0 Å². The molecule has 3 aromatic heterocycles. The molecule has 3 heterocycles. The molecule has 0 aliphatic rings. The minimum Gasteiger partial charge on any atom is -0.439 e. The van der Waals surface area contributed by atoms with Crippen molar-refractivity contribution in [2.75, 3.05) is 4.72 Å². The van der Waals surface area contributed by atoms with E-state index in [4.69, 9.17) is 4.74 Å². The summed E-state index contributed by atoms with van der Waals surface area (Å²) in [6, 6.07) is 8.22. The number of ether oxygens (including phenoxy) is 1. The second-order valence-corrected chi connectivity index (χ2v) is 9.12. The number of sulfonamides is 1. The Morgan fingerprint density at radius 3 is 2.47 bits per heavy atom. The molecule has 0 amide bonds. The van der Waals surface area contributed by atoms with Crippen molar-refractivity contribution in [3.63, 3.8) is 0 Å². The van der Waals surface area contributed by atoms with Gasteiger partial charge in [-0.1, -0.05) is 13.8 Å². The number of anilines is 1. The smallest absolute Gasteiger partial charge is 0.280 e. The Kier molecular flexibility index (Phi) is 5.66. The molecule has 0 saturated carbocycles. The van der Waals surface area contributed by atoms with Crippen LogP contribution in [0.15, 0.2) is 60.3 Å². The van der Waals surface area contributed by atoms with Gasteiger partial charge in [-0.3, -0.25) is 9.29 Å². The summed E-state index contributed by atoms with van der Waals surface area (Å²) in [6.07, 6.45) is 6.40. The molecule has 1 N–H and O–H groups in total. The van der Waals surface area contributed by atoms with Crippen LogP contribution in [-0.4, -0.2) is 37.5 Å². The van der Waals surface area contributed by atoms with E-state index in [2.05, 4.69) is 24.7 Å². The maximum atomic E-state index is 12.7. The zero-order valence-electron chi connectivity index (χ0n) is 18.1. The predicted molar refractivity (Wildman–Crippen MR) is 119 cm³/mol. The quantitative estimate of drug-likeness (QED) is 0.456. The van der Waals surface area contributed by atoms with Crippen LogP contribution in [-0.2, 0) is 17.1 Å². The Labute approximate surface area is 186 Å². The fraction of sp³-hybridized carbons (Fsp3) is 0.238. The van der Waals surface area contributed by atoms with Gasteiger partial charge in [-0.15, -0.1) is 0 Å². The van der Waals surface area contributed by atoms with E-state index in [-0.39, 0.29) is 10.9 Å². The minimum absolute atomic E-state index is 0.0210. The van der Waals surface area contributed by atoms with Crippen LogP contribution in [0.25, 0.3) is 5.82 Å². The van der Waals surface area contributed by atoms with Crippen molar-refractivity contribution in [1.29, 1.82) is 0 Å². The molecule has 10 nitrogen and oxygen atoms in total. The van der Waals surface area contributed by atoms with Crippen molar-refractivity contribution < 1.29 is 13.2 Å². The van der Waals surface area contributed by atoms with Gasteiger partial charge in [-0.25, -0.2) is 19.9 Å². The second kappa shape index (κ2) is 8.42. The lowest BCUT2D eigenvalue weighted by molar-refractivity contribution is 0.461. The standard InChI is InChI=1S/C21H23N7O3S/c1-14(2)21-25-20(12-27(21)4)32(29,30)26-16-5-7-17(8-6-16)31-19-11-18(23-13-24-19)28-10-9-22-15(28)3/h5-14,26H,1-4H3. The number of aryl methyl sites for hydroxylation is 2. The lowest BCUT2D eigenvalue weighted by Gasteiger charge is -2.09. The van der Waals surface area contributed by atoms with Crippen LogP contribution >= 0.6 is 0 Å². The largest absolute Gasteiger partial charge is 0.439 e. The number of imidazole rings is 2. The third kappa shape index (κ3) is 4.47. The fourth-order valence-electron chi connectivity index (χ4n) is 3.18. The Balaban J connectivity index is 1.48. The molecule has 0 bridgehead atoms. The van der Waals surface area contributed by atoms with E-state index in [1.165, 1.54) is 12.5 Å². The van der Waals surface area contributed by atoms with Crippen molar-refractivity contribution >= 4 is 15.7 Å². The molecule has 0 aliphatic carbocycles. The van der Waals surface area contributed by atoms with Gasteiger partial charge in [0, 0.05) is 43.3 Å². The van der Waals surface area contributed by atoms with Gasteiger partial charge >= 0.3 is 0 Å². The Hall–Kier alpha value is -3.73. The maximum absolute atomic E-state index is 12.7. The third-order valence-electron chi connectivity index (χ3n) is 4.71. The molecule has 0 unspecified atom stereocenters. The number of aromatic nitrogens is 6. The summed E-state index contributed by atoms with van der Waals surface area (Å²) < 4.78 is 37.3. The number of benzene rings is 1. The maximum Gasteiger partial charge on any atom is 0.280 e. The zero-order valence-corrected chi connectivity index (χ0v) is 18.9. The van der Waals surface area contributed by atoms with E-state index in [9.17, 15) is 8.42 Å². The molecule has 32 heavy (non-hydrogen) atoms. The summed E-state index contributed by atoms with van der Waals surface area (Å²) in [4.78, 5) is 16.8. The van der Waals surface area contributed by atoms with Gasteiger partial charge in [0.2, 0.25) is 5.88 Å². The van der Waals surface area contributed by atoms with E-state index in [0.29, 0.717) is 29.0 Å². The van der Waals surface area contributed by atoms with Crippen molar-refractivity contribution in [2.45, 2.75) is 31.7 Å². The molecule has 4 rings (SSSR count). The van der Waals surface area contributed by atoms with E-state index in [1.54, 1.807) is 54.3 Å². The van der Waals surface area contributed by atoms with Crippen LogP contribution in [0.4, 0.5) is 5.69 Å². The van der Waals surface area contributed by atoms with Crippen LogP contribution in [0.2, 0.25) is 0 Å². The van der Waals surface area contributed by atoms with Crippen LogP contribution in [0.5, 0.6) is 11.6 Å². The Morgan fingerprint density at radius 2 is 1.84 bits per heavy atom. The van der Waals surface area contributed by atoms with Gasteiger partial charge < -0.3 is 9.30 Å². The lowest BCUT2D eigenvalue weighted by Crippen LogP contribution is -2.13. The number of hydrogen-bond donors (Lipinski definition) is 1. The SMILES string of the molecule is Cc1nccn1-c1cc(Oc2ccc(NS(=O)(=O)c3cn(C)c(C(C)C)n3)cc2)ncn1. The third-order valence-corrected chi connectivity index (χ3v) is 5.96. The van der Waals surface area contributed by atoms with Crippen LogP contribution < -0.4 is 9.46 Å². The van der Waals surface area contributed by atoms with Crippen LogP contribution in [0, 0.1) is 6.92 Å². The van der Waals surface area contributed by atoms with E-state index in [0.717, 1.165) is 5.82 Å². The first-order valence-corrected chi connectivity index (χ1v) is 11.4. The summed E-state index contributed by atoms with van der Waals surface area (Å²) in [7, 11) is -2.03. The lowest BCUT2D eigenvalue weighted by atomic mass is 10.2. The van der Waals surface area contributed by atoms with Gasteiger partial charge in [-0.2, -0.15) is 8.42 Å². The number of hydrogen-bond acceptors (Lipinski definition) is 7. The van der Waals surface area contributed by atoms with Gasteiger partial charge in [0.05, 0.1) is 0 Å². The van der Waals surface area contributed by atoms with Crippen molar-refractivity contribution in [3.8, 4) is 17.4 Å². The molecule has 166 valence electrons. The molecule has 4 aromatic rings. The highest BCUT2D eigenvalue weighted by molar-refractivity contribution is 7.92. The van der Waals surface area contributed by atoms with Gasteiger partial charge in [-0.05, 0) is 31.2 Å². The first kappa shape index (κ1) is 21.5. The highest BCUT2D eigenvalue weighted by Crippen LogP contribution is 2.24. The monoisotopic (exact) mass is 453 g/mol.